The van der Waals surface area contributed by atoms with Crippen LogP contribution in [0.2, 0.25) is 0 Å². The summed E-state index contributed by atoms with van der Waals surface area (Å²) in [5, 5.41) is 6.77. The molecule has 4 rings (SSSR count). The van der Waals surface area contributed by atoms with Gasteiger partial charge in [-0.2, -0.15) is 10.1 Å². The zero-order chi connectivity index (χ0) is 18.8. The number of carbonyl (C=O) groups excluding carboxylic acids is 1. The summed E-state index contributed by atoms with van der Waals surface area (Å²) in [5.41, 5.74) is 1.75. The molecule has 0 bridgehead atoms. The van der Waals surface area contributed by atoms with Gasteiger partial charge in [-0.05, 0) is 31.4 Å². The van der Waals surface area contributed by atoms with Crippen molar-refractivity contribution in [3.05, 3.63) is 24.5 Å². The monoisotopic (exact) mass is 371 g/mol. The number of piperidine rings is 1. The molecular formula is C19H25N5O3. The van der Waals surface area contributed by atoms with E-state index in [2.05, 4.69) is 20.1 Å². The minimum atomic E-state index is -0.0656. The van der Waals surface area contributed by atoms with Crippen LogP contribution in [0.25, 0.3) is 11.1 Å². The standard InChI is InChI=1S/C19H25N5O3/c1-26-14-5-8-23(9-6-14)16-7-10-24(19(16)25)17-4-3-15(18(22-17)27-2)13-11-20-21-12-13/h3-4,11-12,14,16H,5-10H2,1-2H3,(H,20,21). The fourth-order valence-electron chi connectivity index (χ4n) is 4.01. The second-order valence-corrected chi connectivity index (χ2v) is 6.98. The summed E-state index contributed by atoms with van der Waals surface area (Å²) in [5.74, 6) is 1.25. The van der Waals surface area contributed by atoms with E-state index in [0.717, 1.165) is 43.5 Å². The molecule has 0 aliphatic carbocycles. The Bertz CT molecular complexity index is 787. The number of aromatic amines is 1. The first kappa shape index (κ1) is 17.9. The van der Waals surface area contributed by atoms with Gasteiger partial charge in [-0.15, -0.1) is 0 Å². The number of rotatable bonds is 5. The highest BCUT2D eigenvalue weighted by molar-refractivity contribution is 5.99. The third kappa shape index (κ3) is 3.42. The quantitative estimate of drug-likeness (QED) is 0.861. The first-order valence-corrected chi connectivity index (χ1v) is 9.33. The van der Waals surface area contributed by atoms with E-state index in [4.69, 9.17) is 9.47 Å². The average molecular weight is 371 g/mol. The summed E-state index contributed by atoms with van der Waals surface area (Å²) >= 11 is 0. The molecule has 4 heterocycles. The molecule has 2 aromatic rings. The van der Waals surface area contributed by atoms with Crippen LogP contribution in [0.5, 0.6) is 5.88 Å². The summed E-state index contributed by atoms with van der Waals surface area (Å²) in [6.45, 7) is 2.48. The van der Waals surface area contributed by atoms with Crippen molar-refractivity contribution in [1.82, 2.24) is 20.1 Å². The molecule has 8 heteroatoms. The first-order valence-electron chi connectivity index (χ1n) is 9.33. The fraction of sp³-hybridized carbons (Fsp3) is 0.526. The second kappa shape index (κ2) is 7.66. The van der Waals surface area contributed by atoms with E-state index >= 15 is 0 Å². The molecule has 2 saturated heterocycles. The molecule has 2 aromatic heterocycles. The largest absolute Gasteiger partial charge is 0.480 e. The Labute approximate surface area is 158 Å². The van der Waals surface area contributed by atoms with Crippen molar-refractivity contribution in [3.63, 3.8) is 0 Å². The summed E-state index contributed by atoms with van der Waals surface area (Å²) < 4.78 is 10.9. The van der Waals surface area contributed by atoms with Crippen molar-refractivity contribution in [2.75, 3.05) is 38.8 Å². The van der Waals surface area contributed by atoms with Gasteiger partial charge in [0.15, 0.2) is 0 Å². The Hall–Kier alpha value is -2.45. The number of methoxy groups -OCH3 is 2. The van der Waals surface area contributed by atoms with Crippen molar-refractivity contribution in [3.8, 4) is 17.0 Å². The van der Waals surface area contributed by atoms with E-state index in [1.165, 1.54) is 0 Å². The number of carbonyl (C=O) groups is 1. The van der Waals surface area contributed by atoms with Gasteiger partial charge in [0.2, 0.25) is 11.8 Å². The van der Waals surface area contributed by atoms with Gasteiger partial charge in [0.05, 0.1) is 25.5 Å². The number of likely N-dealkylation sites (tertiary alicyclic amines) is 1. The molecule has 2 aliphatic heterocycles. The predicted molar refractivity (Wildman–Crippen MR) is 101 cm³/mol. The van der Waals surface area contributed by atoms with Crippen LogP contribution in [-0.2, 0) is 9.53 Å². The molecule has 2 aliphatic rings. The van der Waals surface area contributed by atoms with Crippen LogP contribution in [0, 0.1) is 0 Å². The SMILES string of the molecule is COc1nc(N2CCC(N3CCC(OC)CC3)C2=O)ccc1-c1cn[nH]c1. The van der Waals surface area contributed by atoms with E-state index in [0.29, 0.717) is 24.3 Å². The van der Waals surface area contributed by atoms with E-state index in [-0.39, 0.29) is 11.9 Å². The maximum absolute atomic E-state index is 13.0. The van der Waals surface area contributed by atoms with Crippen LogP contribution in [0.1, 0.15) is 19.3 Å². The van der Waals surface area contributed by atoms with E-state index in [9.17, 15) is 4.79 Å². The van der Waals surface area contributed by atoms with Crippen LogP contribution in [0.15, 0.2) is 24.5 Å². The Morgan fingerprint density at radius 2 is 1.96 bits per heavy atom. The lowest BCUT2D eigenvalue weighted by Crippen LogP contribution is -2.47. The normalized spacial score (nSPS) is 21.8. The Kier molecular flexibility index (Phi) is 5.09. The number of hydrogen-bond donors (Lipinski definition) is 1. The summed E-state index contributed by atoms with van der Waals surface area (Å²) in [6.07, 6.45) is 6.61. The number of hydrogen-bond acceptors (Lipinski definition) is 6. The van der Waals surface area contributed by atoms with Gasteiger partial charge in [0.25, 0.3) is 0 Å². The fourth-order valence-corrected chi connectivity index (χ4v) is 4.01. The van der Waals surface area contributed by atoms with Crippen molar-refractivity contribution in [1.29, 1.82) is 0 Å². The summed E-state index contributed by atoms with van der Waals surface area (Å²) in [6, 6.07) is 3.74. The summed E-state index contributed by atoms with van der Waals surface area (Å²) in [7, 11) is 3.35. The van der Waals surface area contributed by atoms with Crippen molar-refractivity contribution >= 4 is 11.7 Å². The highest BCUT2D eigenvalue weighted by Gasteiger charge is 2.38. The highest BCUT2D eigenvalue weighted by atomic mass is 16.5. The number of H-pyrrole nitrogens is 1. The van der Waals surface area contributed by atoms with Gasteiger partial charge in [-0.3, -0.25) is 19.7 Å². The second-order valence-electron chi connectivity index (χ2n) is 6.98. The van der Waals surface area contributed by atoms with E-state index in [1.54, 1.807) is 31.5 Å². The van der Waals surface area contributed by atoms with E-state index in [1.807, 2.05) is 12.1 Å². The molecule has 27 heavy (non-hydrogen) atoms. The predicted octanol–water partition coefficient (Wildman–Crippen LogP) is 1.70. The van der Waals surface area contributed by atoms with Crippen LogP contribution in [0.4, 0.5) is 5.82 Å². The number of nitrogens with one attached hydrogen (secondary N) is 1. The maximum atomic E-state index is 13.0. The molecule has 0 radical (unpaired) electrons. The summed E-state index contributed by atoms with van der Waals surface area (Å²) in [4.78, 5) is 21.7. The first-order chi connectivity index (χ1) is 13.2. The smallest absolute Gasteiger partial charge is 0.245 e. The molecular weight excluding hydrogens is 346 g/mol. The molecule has 0 saturated carbocycles. The van der Waals surface area contributed by atoms with Gasteiger partial charge in [0, 0.05) is 44.1 Å². The third-order valence-corrected chi connectivity index (χ3v) is 5.55. The number of pyridine rings is 1. The van der Waals surface area contributed by atoms with Crippen LogP contribution < -0.4 is 9.64 Å². The lowest BCUT2D eigenvalue weighted by molar-refractivity contribution is -0.122. The molecule has 0 spiro atoms. The Morgan fingerprint density at radius 3 is 2.63 bits per heavy atom. The van der Waals surface area contributed by atoms with Crippen LogP contribution in [-0.4, -0.2) is 72.0 Å². The van der Waals surface area contributed by atoms with Gasteiger partial charge < -0.3 is 9.47 Å². The average Bonchev–Trinajstić information content (AvgIpc) is 3.37. The third-order valence-electron chi connectivity index (χ3n) is 5.55. The van der Waals surface area contributed by atoms with Gasteiger partial charge in [0.1, 0.15) is 5.82 Å². The number of ether oxygens (including phenoxy) is 2. The number of amides is 1. The number of anilines is 1. The van der Waals surface area contributed by atoms with Gasteiger partial charge in [-0.25, -0.2) is 0 Å². The molecule has 1 N–H and O–H groups in total. The molecule has 1 amide bonds. The topological polar surface area (TPSA) is 83.6 Å². The van der Waals surface area contributed by atoms with Crippen molar-refractivity contribution in [2.45, 2.75) is 31.4 Å². The number of aromatic nitrogens is 3. The minimum absolute atomic E-state index is 0.0656. The van der Waals surface area contributed by atoms with E-state index < -0.39 is 0 Å². The van der Waals surface area contributed by atoms with Crippen LogP contribution in [0.3, 0.4) is 0 Å². The van der Waals surface area contributed by atoms with Gasteiger partial charge >= 0.3 is 0 Å². The molecule has 144 valence electrons. The van der Waals surface area contributed by atoms with Crippen molar-refractivity contribution in [2.24, 2.45) is 0 Å². The Morgan fingerprint density at radius 1 is 1.15 bits per heavy atom. The zero-order valence-corrected chi connectivity index (χ0v) is 15.7. The minimum Gasteiger partial charge on any atom is -0.480 e. The zero-order valence-electron chi connectivity index (χ0n) is 15.7. The Balaban J connectivity index is 1.50. The van der Waals surface area contributed by atoms with Crippen molar-refractivity contribution < 1.29 is 14.3 Å². The molecule has 2 fully saturated rings. The number of nitrogens with zero attached hydrogens (tertiary/aromatic N) is 4. The maximum Gasteiger partial charge on any atom is 0.245 e. The molecule has 1 unspecified atom stereocenters. The molecule has 1 atom stereocenters. The lowest BCUT2D eigenvalue weighted by atomic mass is 10.0. The highest BCUT2D eigenvalue weighted by Crippen LogP contribution is 2.32. The molecule has 8 nitrogen and oxygen atoms in total. The molecule has 0 aromatic carbocycles. The van der Waals surface area contributed by atoms with Gasteiger partial charge in [-0.1, -0.05) is 0 Å². The lowest BCUT2D eigenvalue weighted by Gasteiger charge is -2.34. The van der Waals surface area contributed by atoms with Crippen LogP contribution >= 0.6 is 0 Å².